The predicted octanol–water partition coefficient (Wildman–Crippen LogP) is 3.08. The first kappa shape index (κ1) is 21.3. The van der Waals surface area contributed by atoms with Crippen LogP contribution in [0.1, 0.15) is 34.1 Å². The van der Waals surface area contributed by atoms with Gasteiger partial charge in [-0.05, 0) is 55.0 Å². The SMILES string of the molecule is COC(=O)c1c(NC(=O)CS(=O)(=O)c2ccc(OC)cc2)sc2c1CCC(C)C2. The molecular weight excluding hydrogens is 414 g/mol. The van der Waals surface area contributed by atoms with Gasteiger partial charge in [-0.3, -0.25) is 4.79 Å². The number of amides is 1. The van der Waals surface area contributed by atoms with Crippen LogP contribution in [0, 0.1) is 5.92 Å². The van der Waals surface area contributed by atoms with Crippen LogP contribution in [-0.4, -0.2) is 40.3 Å². The van der Waals surface area contributed by atoms with E-state index in [0.29, 0.717) is 22.2 Å². The van der Waals surface area contributed by atoms with E-state index in [-0.39, 0.29) is 4.90 Å². The van der Waals surface area contributed by atoms with Crippen LogP contribution < -0.4 is 10.1 Å². The monoisotopic (exact) mass is 437 g/mol. The van der Waals surface area contributed by atoms with E-state index in [9.17, 15) is 18.0 Å². The number of ether oxygens (including phenoxy) is 2. The number of nitrogens with one attached hydrogen (secondary N) is 1. The molecular formula is C20H23NO6S2. The Morgan fingerprint density at radius 1 is 1.21 bits per heavy atom. The lowest BCUT2D eigenvalue weighted by Crippen LogP contribution is -2.23. The molecule has 0 spiro atoms. The summed E-state index contributed by atoms with van der Waals surface area (Å²) in [5.74, 6) is -0.929. The van der Waals surface area contributed by atoms with Crippen LogP contribution in [0.25, 0.3) is 0 Å². The molecule has 1 unspecified atom stereocenters. The van der Waals surface area contributed by atoms with Gasteiger partial charge in [-0.1, -0.05) is 6.92 Å². The first-order valence-corrected chi connectivity index (χ1v) is 11.6. The minimum atomic E-state index is -3.83. The Morgan fingerprint density at radius 3 is 2.52 bits per heavy atom. The Kier molecular flexibility index (Phi) is 6.28. The van der Waals surface area contributed by atoms with Crippen molar-refractivity contribution >= 4 is 38.1 Å². The average Bonchev–Trinajstić information content (AvgIpc) is 3.03. The van der Waals surface area contributed by atoms with Crippen LogP contribution in [0.5, 0.6) is 5.75 Å². The van der Waals surface area contributed by atoms with E-state index < -0.39 is 27.5 Å². The summed E-state index contributed by atoms with van der Waals surface area (Å²) in [5, 5.41) is 2.97. The van der Waals surface area contributed by atoms with Crippen molar-refractivity contribution in [1.29, 1.82) is 0 Å². The summed E-state index contributed by atoms with van der Waals surface area (Å²) in [5.41, 5.74) is 1.24. The number of rotatable bonds is 6. The number of hydrogen-bond acceptors (Lipinski definition) is 7. The number of hydrogen-bond donors (Lipinski definition) is 1. The molecule has 0 saturated carbocycles. The second-order valence-electron chi connectivity index (χ2n) is 7.03. The van der Waals surface area contributed by atoms with E-state index in [1.54, 1.807) is 0 Å². The molecule has 29 heavy (non-hydrogen) atoms. The van der Waals surface area contributed by atoms with Gasteiger partial charge >= 0.3 is 5.97 Å². The maximum absolute atomic E-state index is 12.6. The molecule has 1 atom stereocenters. The molecule has 1 aromatic heterocycles. The van der Waals surface area contributed by atoms with Crippen LogP contribution in [0.4, 0.5) is 5.00 Å². The highest BCUT2D eigenvalue weighted by Gasteiger charge is 2.29. The first-order valence-electron chi connectivity index (χ1n) is 9.14. The van der Waals surface area contributed by atoms with Crippen LogP contribution in [-0.2, 0) is 32.2 Å². The van der Waals surface area contributed by atoms with Gasteiger partial charge in [0, 0.05) is 4.88 Å². The summed E-state index contributed by atoms with van der Waals surface area (Å²) in [6.45, 7) is 2.14. The highest BCUT2D eigenvalue weighted by atomic mass is 32.2. The smallest absolute Gasteiger partial charge is 0.341 e. The zero-order valence-electron chi connectivity index (χ0n) is 16.5. The Balaban J connectivity index is 1.82. The summed E-state index contributed by atoms with van der Waals surface area (Å²) < 4.78 is 35.0. The summed E-state index contributed by atoms with van der Waals surface area (Å²) >= 11 is 1.32. The quantitative estimate of drug-likeness (QED) is 0.698. The average molecular weight is 438 g/mol. The van der Waals surface area contributed by atoms with Gasteiger partial charge in [-0.2, -0.15) is 0 Å². The van der Waals surface area contributed by atoms with Crippen molar-refractivity contribution in [2.75, 3.05) is 25.3 Å². The van der Waals surface area contributed by atoms with Crippen molar-refractivity contribution < 1.29 is 27.5 Å². The third-order valence-corrected chi connectivity index (χ3v) is 7.70. The van der Waals surface area contributed by atoms with Crippen molar-refractivity contribution in [3.8, 4) is 5.75 Å². The molecule has 0 radical (unpaired) electrons. The molecule has 9 heteroatoms. The minimum absolute atomic E-state index is 0.0286. The number of anilines is 1. The third kappa shape index (κ3) is 4.62. The molecule has 2 aromatic rings. The maximum Gasteiger partial charge on any atom is 0.341 e. The number of carbonyl (C=O) groups is 2. The summed E-state index contributed by atoms with van der Waals surface area (Å²) in [7, 11) is -1.06. The number of esters is 1. The van der Waals surface area contributed by atoms with E-state index in [4.69, 9.17) is 9.47 Å². The van der Waals surface area contributed by atoms with E-state index in [0.717, 1.165) is 29.7 Å². The molecule has 1 amide bonds. The van der Waals surface area contributed by atoms with Crippen LogP contribution in [0.15, 0.2) is 29.2 Å². The second-order valence-corrected chi connectivity index (χ2v) is 10.1. The molecule has 1 aliphatic rings. The predicted molar refractivity (Wildman–Crippen MR) is 111 cm³/mol. The van der Waals surface area contributed by atoms with E-state index >= 15 is 0 Å². The lowest BCUT2D eigenvalue weighted by Gasteiger charge is -2.18. The number of sulfone groups is 1. The molecule has 0 aliphatic heterocycles. The molecule has 0 saturated heterocycles. The molecule has 156 valence electrons. The summed E-state index contributed by atoms with van der Waals surface area (Å²) in [6, 6.07) is 5.84. The molecule has 3 rings (SSSR count). The maximum atomic E-state index is 12.6. The number of carbonyl (C=O) groups excluding carboxylic acids is 2. The van der Waals surface area contributed by atoms with Crippen molar-refractivity contribution in [2.24, 2.45) is 5.92 Å². The van der Waals surface area contributed by atoms with E-state index in [1.807, 2.05) is 0 Å². The fourth-order valence-corrected chi connectivity index (χ4v) is 5.91. The van der Waals surface area contributed by atoms with E-state index in [2.05, 4.69) is 12.2 Å². The zero-order valence-corrected chi connectivity index (χ0v) is 18.1. The van der Waals surface area contributed by atoms with Gasteiger partial charge in [-0.15, -0.1) is 11.3 Å². The van der Waals surface area contributed by atoms with Gasteiger partial charge < -0.3 is 14.8 Å². The normalized spacial score (nSPS) is 16.0. The van der Waals surface area contributed by atoms with Gasteiger partial charge in [0.2, 0.25) is 5.91 Å². The second kappa shape index (κ2) is 8.54. The Labute approximate surface area is 173 Å². The molecule has 0 bridgehead atoms. The fraction of sp³-hybridized carbons (Fsp3) is 0.400. The molecule has 1 N–H and O–H groups in total. The molecule has 0 fully saturated rings. The Hall–Kier alpha value is -2.39. The molecule has 1 aliphatic carbocycles. The zero-order chi connectivity index (χ0) is 21.2. The Morgan fingerprint density at radius 2 is 1.90 bits per heavy atom. The highest BCUT2D eigenvalue weighted by molar-refractivity contribution is 7.92. The third-order valence-electron chi connectivity index (χ3n) is 4.89. The lowest BCUT2D eigenvalue weighted by molar-refractivity contribution is -0.113. The van der Waals surface area contributed by atoms with Crippen molar-refractivity contribution in [3.63, 3.8) is 0 Å². The lowest BCUT2D eigenvalue weighted by atomic mass is 9.88. The van der Waals surface area contributed by atoms with Crippen molar-refractivity contribution in [1.82, 2.24) is 0 Å². The minimum Gasteiger partial charge on any atom is -0.497 e. The van der Waals surface area contributed by atoms with Crippen LogP contribution >= 0.6 is 11.3 Å². The number of benzene rings is 1. The highest BCUT2D eigenvalue weighted by Crippen LogP contribution is 2.40. The van der Waals surface area contributed by atoms with Crippen molar-refractivity contribution in [3.05, 3.63) is 40.3 Å². The number of methoxy groups -OCH3 is 2. The first-order chi connectivity index (χ1) is 13.7. The van der Waals surface area contributed by atoms with Gasteiger partial charge in [0.15, 0.2) is 9.84 Å². The molecule has 7 nitrogen and oxygen atoms in total. The summed E-state index contributed by atoms with van der Waals surface area (Å²) in [4.78, 5) is 25.9. The number of fused-ring (bicyclic) bond motifs is 1. The fourth-order valence-electron chi connectivity index (χ4n) is 3.36. The van der Waals surface area contributed by atoms with Gasteiger partial charge in [-0.25, -0.2) is 13.2 Å². The van der Waals surface area contributed by atoms with Gasteiger partial charge in [0.25, 0.3) is 0 Å². The topological polar surface area (TPSA) is 98.8 Å². The van der Waals surface area contributed by atoms with Crippen molar-refractivity contribution in [2.45, 2.75) is 31.1 Å². The van der Waals surface area contributed by atoms with E-state index in [1.165, 1.54) is 49.8 Å². The van der Waals surface area contributed by atoms with Gasteiger partial charge in [0.05, 0.1) is 24.7 Å². The van der Waals surface area contributed by atoms with Crippen LogP contribution in [0.2, 0.25) is 0 Å². The van der Waals surface area contributed by atoms with Crippen LogP contribution in [0.3, 0.4) is 0 Å². The largest absolute Gasteiger partial charge is 0.497 e. The standard InChI is InChI=1S/C20H23NO6S2/c1-12-4-9-15-16(10-12)28-19(18(15)20(23)27-3)21-17(22)11-29(24,25)14-7-5-13(26-2)6-8-14/h5-8,12H,4,9-11H2,1-3H3,(H,21,22). The van der Waals surface area contributed by atoms with Gasteiger partial charge in [0.1, 0.15) is 16.5 Å². The summed E-state index contributed by atoms with van der Waals surface area (Å²) in [6.07, 6.45) is 2.51. The molecule has 1 heterocycles. The molecule has 1 aromatic carbocycles. The Bertz CT molecular complexity index is 1020. The number of thiophene rings is 1.